The van der Waals surface area contributed by atoms with Crippen molar-refractivity contribution < 1.29 is 139 Å². The van der Waals surface area contributed by atoms with E-state index in [1.54, 1.807) is 0 Å². The molecule has 6 heterocycles. The van der Waals surface area contributed by atoms with E-state index in [9.17, 15) is 81.7 Å². The molecule has 5 aliphatic rings. The second kappa shape index (κ2) is 22.9. The summed E-state index contributed by atoms with van der Waals surface area (Å²) in [6.45, 7) is -4.63. The van der Waals surface area contributed by atoms with Gasteiger partial charge < -0.3 is 139 Å². The van der Waals surface area contributed by atoms with Crippen molar-refractivity contribution in [2.45, 2.75) is 154 Å². The Morgan fingerprint density at radius 2 is 0.591 bits per heavy atom. The Bertz CT molecular complexity index is 1630. The van der Waals surface area contributed by atoms with Gasteiger partial charge in [0.2, 0.25) is 6.29 Å². The Morgan fingerprint density at radius 3 is 0.894 bits per heavy atom. The number of hydrogen-bond acceptors (Lipinski definition) is 31. The van der Waals surface area contributed by atoms with Gasteiger partial charge in [0, 0.05) is 0 Å². The van der Waals surface area contributed by atoms with Crippen LogP contribution in [0.15, 0.2) is 0 Å². The number of rotatable bonds is 17. The largest absolute Gasteiger partial charge is 0.467 e. The van der Waals surface area contributed by atoms with Crippen LogP contribution in [0.1, 0.15) is 0 Å². The number of nitrogens with zero attached hydrogens (tertiary/aromatic N) is 3. The first-order chi connectivity index (χ1) is 31.4. The average Bonchev–Trinajstić information content (AvgIpc) is 3.32. The van der Waals surface area contributed by atoms with Crippen LogP contribution in [0.4, 0.5) is 0 Å². The smallest absolute Gasteiger partial charge is 0.328 e. The fourth-order valence-electron chi connectivity index (χ4n) is 7.78. The first-order valence-electron chi connectivity index (χ1n) is 20.4. The average molecular weight is 968 g/mol. The van der Waals surface area contributed by atoms with Gasteiger partial charge in [0.15, 0.2) is 25.2 Å². The molecule has 5 aliphatic heterocycles. The zero-order valence-electron chi connectivity index (χ0n) is 34.9. The fraction of sp³-hybridized carbons (Fsp3) is 0.914. The third-order valence-electron chi connectivity index (χ3n) is 11.5. The van der Waals surface area contributed by atoms with Crippen molar-refractivity contribution in [1.29, 1.82) is 0 Å². The molecule has 380 valence electrons. The summed E-state index contributed by atoms with van der Waals surface area (Å²) in [6, 6.07) is -0.965. The maximum absolute atomic E-state index is 11.2. The van der Waals surface area contributed by atoms with Crippen molar-refractivity contribution in [3.05, 3.63) is 0 Å². The zero-order valence-corrected chi connectivity index (χ0v) is 34.9. The highest BCUT2D eigenvalue weighted by molar-refractivity contribution is 5.09. The highest BCUT2D eigenvalue weighted by atomic mass is 16.8. The minimum atomic E-state index is -2.15. The molecule has 0 spiro atoms. The molecule has 1 aromatic heterocycles. The van der Waals surface area contributed by atoms with Crippen LogP contribution >= 0.6 is 0 Å². The molecule has 5 fully saturated rings. The quantitative estimate of drug-likeness (QED) is 0.0689. The summed E-state index contributed by atoms with van der Waals surface area (Å²) < 4.78 is 65.6. The van der Waals surface area contributed by atoms with Gasteiger partial charge in [0.05, 0.1) is 47.3 Å². The van der Waals surface area contributed by atoms with Gasteiger partial charge in [-0.3, -0.25) is 0 Å². The van der Waals surface area contributed by atoms with Crippen molar-refractivity contribution in [2.24, 2.45) is 0 Å². The van der Waals surface area contributed by atoms with Crippen LogP contribution in [-0.2, 0) is 42.6 Å². The summed E-state index contributed by atoms with van der Waals surface area (Å²) in [5.74, 6) is 0. The lowest BCUT2D eigenvalue weighted by molar-refractivity contribution is -0.392. The lowest BCUT2D eigenvalue weighted by Gasteiger charge is -2.49. The maximum Gasteiger partial charge on any atom is 0.328 e. The second-order valence-corrected chi connectivity index (χ2v) is 15.6. The van der Waals surface area contributed by atoms with Gasteiger partial charge in [-0.05, 0) is 0 Å². The van der Waals surface area contributed by atoms with Gasteiger partial charge in [-0.15, -0.1) is 15.0 Å². The van der Waals surface area contributed by atoms with Gasteiger partial charge in [-0.25, -0.2) is 0 Å². The van der Waals surface area contributed by atoms with Crippen molar-refractivity contribution in [3.8, 4) is 18.0 Å². The van der Waals surface area contributed by atoms with Gasteiger partial charge in [0.25, 0.3) is 0 Å². The van der Waals surface area contributed by atoms with Gasteiger partial charge in [-0.1, -0.05) is 0 Å². The second-order valence-electron chi connectivity index (χ2n) is 15.6. The number of hydrogen-bond donors (Lipinski definition) is 16. The highest BCUT2D eigenvalue weighted by Gasteiger charge is 2.56. The Hall–Kier alpha value is -2.59. The molecule has 6 rings (SSSR count). The van der Waals surface area contributed by atoms with Crippen LogP contribution in [-0.4, -0.2) is 297 Å². The third kappa shape index (κ3) is 10.9. The van der Waals surface area contributed by atoms with E-state index in [-0.39, 0.29) is 12.0 Å². The van der Waals surface area contributed by atoms with E-state index < -0.39 is 193 Å². The number of ether oxygens (including phenoxy) is 12. The number of methoxy groups -OCH3 is 2. The van der Waals surface area contributed by atoms with Crippen LogP contribution < -0.4 is 14.2 Å². The lowest BCUT2D eigenvalue weighted by atomic mass is 9.95. The molecule has 25 atom stereocenters. The normalized spacial score (nSPS) is 46.7. The molecule has 0 bridgehead atoms. The third-order valence-corrected chi connectivity index (χ3v) is 11.5. The molecule has 31 nitrogen and oxygen atoms in total. The molecule has 1 aromatic rings. The molecule has 0 unspecified atom stereocenters. The van der Waals surface area contributed by atoms with E-state index in [0.29, 0.717) is 0 Å². The first-order valence-corrected chi connectivity index (χ1v) is 20.4. The van der Waals surface area contributed by atoms with Gasteiger partial charge in [-0.2, -0.15) is 0 Å². The first kappa shape index (κ1) is 52.8. The molecular weight excluding hydrogens is 910 g/mol. The van der Waals surface area contributed by atoms with Gasteiger partial charge >= 0.3 is 18.0 Å². The number of aromatic nitrogens is 3. The summed E-state index contributed by atoms with van der Waals surface area (Å²) >= 11 is 0. The number of aliphatic hydroxyl groups excluding tert-OH is 16. The predicted octanol–water partition coefficient (Wildman–Crippen LogP) is -11.6. The van der Waals surface area contributed by atoms with Crippen molar-refractivity contribution in [2.75, 3.05) is 47.3 Å². The SMILES string of the molecule is COc1nc(OC)nc(O[C@@H]2O[C@H](CO)[C@@H](O[C@@H]3O[C@H](CO)[C@@H](O[C@@H]4O[C@H](CO)[C@@H](O[C@@H]5O[C@H](CO)[C@@H](O[C@H]6O[C@H](CO)[C@@H](O)[C@H](O)[C@H]6O)[C@H](O)[C@H]5O)[C@H](O)[C@H]4O)[C@H](O)[C@H]3O)[C@H](O)[C@H]2O)n1. The molecule has 0 aliphatic carbocycles. The molecule has 31 heteroatoms. The summed E-state index contributed by atoms with van der Waals surface area (Å²) in [5, 5.41) is 169. The van der Waals surface area contributed by atoms with E-state index >= 15 is 0 Å². The van der Waals surface area contributed by atoms with Crippen LogP contribution in [0.25, 0.3) is 0 Å². The zero-order chi connectivity index (χ0) is 48.3. The molecule has 5 saturated heterocycles. The van der Waals surface area contributed by atoms with E-state index in [1.165, 1.54) is 14.2 Å². The minimum absolute atomic E-state index is 0.245. The molecule has 0 aromatic carbocycles. The van der Waals surface area contributed by atoms with Crippen LogP contribution in [0.3, 0.4) is 0 Å². The number of aliphatic hydroxyl groups is 16. The molecular formula is C35H57N3O28. The van der Waals surface area contributed by atoms with E-state index in [2.05, 4.69) is 15.0 Å². The summed E-state index contributed by atoms with van der Waals surface area (Å²) in [4.78, 5) is 11.5. The summed E-state index contributed by atoms with van der Waals surface area (Å²) in [5.41, 5.74) is 0. The Labute approximate surface area is 372 Å². The minimum Gasteiger partial charge on any atom is -0.467 e. The standard InChI is InChI=1S/C35H57N3O28/c1-55-33-36-34(56-2)38-35(37-33)66-32-23(54)18(49)27(12(7-43)61-32)65-31-22(53)17(48)26(11(6-42)60-31)64-30-21(52)16(47)25(10(5-41)59-30)63-29-20(51)15(46)24(9(4-40)58-29)62-28-19(50)14(45)13(44)8(3-39)57-28/h8-32,39-54H,3-7H2,1-2H3/t8-,9-,10-,11-,12-,13-,14+,15-,16-,17-,18-,19-,20-,21-,22-,23-,24-,25-,26-,27-,28-,29+,30+,31+,32+/m1/s1. The van der Waals surface area contributed by atoms with Crippen molar-refractivity contribution in [3.63, 3.8) is 0 Å². The molecule has 0 saturated carbocycles. The highest BCUT2D eigenvalue weighted by Crippen LogP contribution is 2.36. The topological polar surface area (TPSA) is 473 Å². The maximum atomic E-state index is 11.2. The van der Waals surface area contributed by atoms with Crippen LogP contribution in [0.2, 0.25) is 0 Å². The summed E-state index contributed by atoms with van der Waals surface area (Å²) in [6.07, 6.45) is -46.4. The van der Waals surface area contributed by atoms with E-state index in [4.69, 9.17) is 56.8 Å². The fourth-order valence-corrected chi connectivity index (χ4v) is 7.78. The Balaban J connectivity index is 1.07. The monoisotopic (exact) mass is 967 g/mol. The van der Waals surface area contributed by atoms with E-state index in [1.807, 2.05) is 0 Å². The molecule has 66 heavy (non-hydrogen) atoms. The Morgan fingerprint density at radius 1 is 0.333 bits per heavy atom. The lowest BCUT2D eigenvalue weighted by Crippen LogP contribution is -2.68. The Kier molecular flexibility index (Phi) is 18.3. The van der Waals surface area contributed by atoms with Crippen LogP contribution in [0.5, 0.6) is 18.0 Å². The molecule has 0 radical (unpaired) electrons. The summed E-state index contributed by atoms with van der Waals surface area (Å²) in [7, 11) is 2.48. The molecule has 0 amide bonds. The van der Waals surface area contributed by atoms with Crippen molar-refractivity contribution >= 4 is 0 Å². The van der Waals surface area contributed by atoms with Crippen LogP contribution in [0, 0.1) is 0 Å². The van der Waals surface area contributed by atoms with E-state index in [0.717, 1.165) is 0 Å². The predicted molar refractivity (Wildman–Crippen MR) is 198 cm³/mol. The molecule has 16 N–H and O–H groups in total. The van der Waals surface area contributed by atoms with Gasteiger partial charge in [0.1, 0.15) is 122 Å². The van der Waals surface area contributed by atoms with Crippen molar-refractivity contribution in [1.82, 2.24) is 15.0 Å².